The Morgan fingerprint density at radius 3 is 2.61 bits per heavy atom. The normalized spacial score (nSPS) is 11.8. The third kappa shape index (κ3) is 3.17. The van der Waals surface area contributed by atoms with Crippen LogP contribution in [0.5, 0.6) is 5.75 Å². The number of aromatic nitrogens is 2. The molecule has 0 saturated carbocycles. The number of sulfonamides is 1. The lowest BCUT2D eigenvalue weighted by Crippen LogP contribution is -2.26. The van der Waals surface area contributed by atoms with Crippen molar-refractivity contribution >= 4 is 15.7 Å². The molecule has 0 amide bonds. The molecule has 0 radical (unpaired) electrons. The molecule has 0 unspecified atom stereocenters. The molecule has 1 aromatic heterocycles. The first-order valence-electron chi connectivity index (χ1n) is 6.56. The molecule has 1 heterocycles. The zero-order chi connectivity index (χ0) is 17.4. The molecule has 0 saturated heterocycles. The summed E-state index contributed by atoms with van der Waals surface area (Å²) in [5.74, 6) is -0.584. The van der Waals surface area contributed by atoms with Crippen LogP contribution in [-0.2, 0) is 23.6 Å². The number of nitro groups is 1. The zero-order valence-corrected chi connectivity index (χ0v) is 13.6. The standard InChI is InChI=1S/C13H16N4O5S/c1-9-10(7-14-16(9)3)8-15(2)23(21,22)11-4-5-13(18)12(6-11)17(19)20/h4-7,18H,8H2,1-3H3. The van der Waals surface area contributed by atoms with Gasteiger partial charge in [0.2, 0.25) is 10.0 Å². The van der Waals surface area contributed by atoms with Gasteiger partial charge in [-0.25, -0.2) is 8.42 Å². The fourth-order valence-electron chi connectivity index (χ4n) is 2.01. The van der Waals surface area contributed by atoms with Gasteiger partial charge >= 0.3 is 5.69 Å². The number of benzene rings is 1. The number of aromatic hydroxyl groups is 1. The molecule has 1 N–H and O–H groups in total. The SMILES string of the molecule is Cc1c(CN(C)S(=O)(=O)c2ccc(O)c([N+](=O)[O-])c2)cnn1C. The summed E-state index contributed by atoms with van der Waals surface area (Å²) in [5.41, 5.74) is 0.896. The van der Waals surface area contributed by atoms with Gasteiger partial charge in [0.1, 0.15) is 0 Å². The van der Waals surface area contributed by atoms with E-state index in [9.17, 15) is 23.6 Å². The van der Waals surface area contributed by atoms with Gasteiger partial charge in [-0.1, -0.05) is 0 Å². The lowest BCUT2D eigenvalue weighted by Gasteiger charge is -2.17. The van der Waals surface area contributed by atoms with Crippen molar-refractivity contribution in [2.45, 2.75) is 18.4 Å². The van der Waals surface area contributed by atoms with E-state index in [0.29, 0.717) is 0 Å². The van der Waals surface area contributed by atoms with Crippen molar-refractivity contribution in [3.63, 3.8) is 0 Å². The van der Waals surface area contributed by atoms with E-state index >= 15 is 0 Å². The number of rotatable bonds is 5. The predicted octanol–water partition coefficient (Wildman–Crippen LogP) is 1.16. The second-order valence-electron chi connectivity index (χ2n) is 5.05. The quantitative estimate of drug-likeness (QED) is 0.644. The molecular weight excluding hydrogens is 324 g/mol. The number of phenolic OH excluding ortho intramolecular Hbond substituents is 1. The van der Waals surface area contributed by atoms with E-state index in [2.05, 4.69) is 5.10 Å². The molecule has 124 valence electrons. The van der Waals surface area contributed by atoms with Crippen LogP contribution in [0.2, 0.25) is 0 Å². The molecule has 0 aliphatic heterocycles. The summed E-state index contributed by atoms with van der Waals surface area (Å²) in [4.78, 5) is 9.74. The molecule has 0 aliphatic carbocycles. The number of nitro benzene ring substituents is 1. The van der Waals surface area contributed by atoms with E-state index in [0.717, 1.165) is 33.8 Å². The Balaban J connectivity index is 2.36. The lowest BCUT2D eigenvalue weighted by atomic mass is 10.3. The van der Waals surface area contributed by atoms with Crippen molar-refractivity contribution in [2.75, 3.05) is 7.05 Å². The number of phenols is 1. The molecule has 2 rings (SSSR count). The average Bonchev–Trinajstić information content (AvgIpc) is 2.79. The minimum absolute atomic E-state index is 0.0800. The van der Waals surface area contributed by atoms with Crippen molar-refractivity contribution in [3.8, 4) is 5.75 Å². The van der Waals surface area contributed by atoms with Crippen molar-refractivity contribution in [1.82, 2.24) is 14.1 Å². The zero-order valence-electron chi connectivity index (χ0n) is 12.8. The minimum Gasteiger partial charge on any atom is -0.502 e. The monoisotopic (exact) mass is 340 g/mol. The maximum Gasteiger partial charge on any atom is 0.312 e. The van der Waals surface area contributed by atoms with E-state index in [1.54, 1.807) is 17.9 Å². The Hall–Kier alpha value is -2.46. The highest BCUT2D eigenvalue weighted by Crippen LogP contribution is 2.29. The van der Waals surface area contributed by atoms with Gasteiger partial charge in [0, 0.05) is 38.0 Å². The van der Waals surface area contributed by atoms with Gasteiger partial charge in [-0.2, -0.15) is 9.40 Å². The van der Waals surface area contributed by atoms with Crippen molar-refractivity contribution < 1.29 is 18.4 Å². The second kappa shape index (κ2) is 5.97. The molecule has 2 aromatic rings. The van der Waals surface area contributed by atoms with Crippen molar-refractivity contribution in [2.24, 2.45) is 7.05 Å². The van der Waals surface area contributed by atoms with E-state index in [1.807, 2.05) is 6.92 Å². The number of hydrogen-bond acceptors (Lipinski definition) is 6. The first-order valence-corrected chi connectivity index (χ1v) is 8.00. The fraction of sp³-hybridized carbons (Fsp3) is 0.308. The van der Waals surface area contributed by atoms with Crippen LogP contribution in [0.15, 0.2) is 29.3 Å². The molecule has 1 aromatic carbocycles. The third-order valence-electron chi connectivity index (χ3n) is 3.58. The number of aryl methyl sites for hydroxylation is 1. The molecule has 0 atom stereocenters. The summed E-state index contributed by atoms with van der Waals surface area (Å²) in [6.07, 6.45) is 1.57. The van der Waals surface area contributed by atoms with E-state index < -0.39 is 26.4 Å². The third-order valence-corrected chi connectivity index (χ3v) is 5.38. The van der Waals surface area contributed by atoms with Gasteiger partial charge < -0.3 is 5.11 Å². The Morgan fingerprint density at radius 1 is 1.43 bits per heavy atom. The van der Waals surface area contributed by atoms with Crippen molar-refractivity contribution in [3.05, 3.63) is 45.8 Å². The van der Waals surface area contributed by atoms with E-state index in [1.165, 1.54) is 7.05 Å². The summed E-state index contributed by atoms with van der Waals surface area (Å²) >= 11 is 0. The van der Waals surface area contributed by atoms with Crippen LogP contribution in [0.1, 0.15) is 11.3 Å². The summed E-state index contributed by atoms with van der Waals surface area (Å²) in [5, 5.41) is 24.3. The van der Waals surface area contributed by atoms with Crippen LogP contribution in [0.4, 0.5) is 5.69 Å². The lowest BCUT2D eigenvalue weighted by molar-refractivity contribution is -0.386. The van der Waals surface area contributed by atoms with Crippen LogP contribution >= 0.6 is 0 Å². The Bertz CT molecular complexity index is 859. The first-order chi connectivity index (χ1) is 10.6. The van der Waals surface area contributed by atoms with Crippen LogP contribution in [-0.4, -0.2) is 39.6 Å². The molecule has 0 aliphatic rings. The molecular formula is C13H16N4O5S. The average molecular weight is 340 g/mol. The molecule has 0 fully saturated rings. The topological polar surface area (TPSA) is 119 Å². The summed E-state index contributed by atoms with van der Waals surface area (Å²) in [6.45, 7) is 1.89. The summed E-state index contributed by atoms with van der Waals surface area (Å²) in [6, 6.07) is 2.97. The smallest absolute Gasteiger partial charge is 0.312 e. The van der Waals surface area contributed by atoms with Crippen LogP contribution in [0, 0.1) is 17.0 Å². The molecule has 0 bridgehead atoms. The Morgan fingerprint density at radius 2 is 2.09 bits per heavy atom. The van der Waals surface area contributed by atoms with Gasteiger partial charge in [-0.3, -0.25) is 14.8 Å². The highest BCUT2D eigenvalue weighted by atomic mass is 32.2. The largest absolute Gasteiger partial charge is 0.502 e. The summed E-state index contributed by atoms with van der Waals surface area (Å²) in [7, 11) is -0.815. The molecule has 10 heteroatoms. The van der Waals surface area contributed by atoms with Gasteiger partial charge in [0.25, 0.3) is 0 Å². The van der Waals surface area contributed by atoms with Gasteiger partial charge in [-0.15, -0.1) is 0 Å². The minimum atomic E-state index is -3.94. The van der Waals surface area contributed by atoms with Gasteiger partial charge in [0.15, 0.2) is 5.75 Å². The molecule has 9 nitrogen and oxygen atoms in total. The van der Waals surface area contributed by atoms with Gasteiger partial charge in [-0.05, 0) is 19.1 Å². The van der Waals surface area contributed by atoms with Crippen LogP contribution < -0.4 is 0 Å². The maximum absolute atomic E-state index is 12.5. The fourth-order valence-corrected chi connectivity index (χ4v) is 3.18. The Kier molecular flexibility index (Phi) is 4.39. The van der Waals surface area contributed by atoms with E-state index in [-0.39, 0.29) is 11.4 Å². The summed E-state index contributed by atoms with van der Waals surface area (Å²) < 4.78 is 27.8. The van der Waals surface area contributed by atoms with Crippen LogP contribution in [0.25, 0.3) is 0 Å². The number of hydrogen-bond donors (Lipinski definition) is 1. The highest BCUT2D eigenvalue weighted by molar-refractivity contribution is 7.89. The predicted molar refractivity (Wildman–Crippen MR) is 81.4 cm³/mol. The highest BCUT2D eigenvalue weighted by Gasteiger charge is 2.25. The van der Waals surface area contributed by atoms with Crippen molar-refractivity contribution in [1.29, 1.82) is 0 Å². The molecule has 23 heavy (non-hydrogen) atoms. The first kappa shape index (κ1) is 16.9. The molecule has 0 spiro atoms. The van der Waals surface area contributed by atoms with Gasteiger partial charge in [0.05, 0.1) is 16.0 Å². The Labute approximate surface area is 133 Å². The maximum atomic E-state index is 12.5. The van der Waals surface area contributed by atoms with E-state index in [4.69, 9.17) is 0 Å². The van der Waals surface area contributed by atoms with Crippen LogP contribution in [0.3, 0.4) is 0 Å². The number of nitrogens with zero attached hydrogens (tertiary/aromatic N) is 4. The second-order valence-corrected chi connectivity index (χ2v) is 7.09.